The van der Waals surface area contributed by atoms with E-state index in [0.717, 1.165) is 25.1 Å². The number of carbonyl (C=O) groups excluding carboxylic acids is 1. The standard InChI is InChI=1S/C14H19FN2O3S/c15-12-2-4-13(5-3-12)21(19,20)9-1-7-17-8-6-11(10-17)14(16)18/h2-5,11H,1,6-10H2,(H2,16,18)/t11-/m0/s1. The van der Waals surface area contributed by atoms with Gasteiger partial charge in [0.1, 0.15) is 5.82 Å². The van der Waals surface area contributed by atoms with Crippen LogP contribution in [0.15, 0.2) is 29.2 Å². The average molecular weight is 314 g/mol. The Morgan fingerprint density at radius 3 is 2.57 bits per heavy atom. The van der Waals surface area contributed by atoms with Gasteiger partial charge >= 0.3 is 0 Å². The van der Waals surface area contributed by atoms with E-state index in [-0.39, 0.29) is 22.5 Å². The summed E-state index contributed by atoms with van der Waals surface area (Å²) in [7, 11) is -3.38. The first-order chi connectivity index (χ1) is 9.88. The molecule has 116 valence electrons. The number of benzene rings is 1. The highest BCUT2D eigenvalue weighted by atomic mass is 32.2. The lowest BCUT2D eigenvalue weighted by molar-refractivity contribution is -0.121. The maximum Gasteiger partial charge on any atom is 0.221 e. The van der Waals surface area contributed by atoms with Crippen molar-refractivity contribution in [3.05, 3.63) is 30.1 Å². The molecular formula is C14H19FN2O3S. The van der Waals surface area contributed by atoms with Crippen LogP contribution in [0.25, 0.3) is 0 Å². The minimum Gasteiger partial charge on any atom is -0.369 e. The fourth-order valence-corrected chi connectivity index (χ4v) is 3.80. The summed E-state index contributed by atoms with van der Waals surface area (Å²) in [6.07, 6.45) is 1.21. The maximum absolute atomic E-state index is 12.8. The summed E-state index contributed by atoms with van der Waals surface area (Å²) in [5.41, 5.74) is 5.25. The third-order valence-electron chi connectivity index (χ3n) is 3.73. The van der Waals surface area contributed by atoms with Gasteiger partial charge in [-0.3, -0.25) is 4.79 Å². The summed E-state index contributed by atoms with van der Waals surface area (Å²) in [6.45, 7) is 1.99. The number of halogens is 1. The van der Waals surface area contributed by atoms with Gasteiger partial charge in [0.05, 0.1) is 16.6 Å². The minimum atomic E-state index is -3.38. The molecule has 2 N–H and O–H groups in total. The number of primary amides is 1. The number of hydrogen-bond acceptors (Lipinski definition) is 4. The van der Waals surface area contributed by atoms with Crippen molar-refractivity contribution >= 4 is 15.7 Å². The third kappa shape index (κ3) is 4.25. The Hall–Kier alpha value is -1.47. The monoisotopic (exact) mass is 314 g/mol. The Bertz CT molecular complexity index is 601. The molecule has 0 aliphatic carbocycles. The van der Waals surface area contributed by atoms with E-state index >= 15 is 0 Å². The minimum absolute atomic E-state index is 0.0103. The molecule has 1 aliphatic heterocycles. The van der Waals surface area contributed by atoms with Crippen LogP contribution >= 0.6 is 0 Å². The number of likely N-dealkylation sites (tertiary alicyclic amines) is 1. The van der Waals surface area contributed by atoms with Crippen molar-refractivity contribution in [3.8, 4) is 0 Å². The fourth-order valence-electron chi connectivity index (χ4n) is 2.51. The van der Waals surface area contributed by atoms with Gasteiger partial charge in [0.15, 0.2) is 9.84 Å². The van der Waals surface area contributed by atoms with E-state index in [0.29, 0.717) is 19.5 Å². The topological polar surface area (TPSA) is 80.5 Å². The van der Waals surface area contributed by atoms with Gasteiger partial charge in [0, 0.05) is 6.54 Å². The molecule has 21 heavy (non-hydrogen) atoms. The Balaban J connectivity index is 1.83. The number of sulfone groups is 1. The zero-order valence-corrected chi connectivity index (χ0v) is 12.5. The van der Waals surface area contributed by atoms with E-state index in [2.05, 4.69) is 4.90 Å². The quantitative estimate of drug-likeness (QED) is 0.788. The third-order valence-corrected chi connectivity index (χ3v) is 5.55. The number of hydrogen-bond donors (Lipinski definition) is 1. The molecule has 0 saturated carbocycles. The average Bonchev–Trinajstić information content (AvgIpc) is 2.88. The normalized spacial score (nSPS) is 19.8. The summed E-state index contributed by atoms with van der Waals surface area (Å²) in [5.74, 6) is -0.866. The number of carbonyl (C=O) groups is 1. The first-order valence-corrected chi connectivity index (χ1v) is 8.54. The van der Waals surface area contributed by atoms with Gasteiger partial charge in [0.2, 0.25) is 5.91 Å². The Kier molecular flexibility index (Phi) is 4.95. The van der Waals surface area contributed by atoms with Gasteiger partial charge in [-0.25, -0.2) is 12.8 Å². The zero-order chi connectivity index (χ0) is 15.5. The highest BCUT2D eigenvalue weighted by molar-refractivity contribution is 7.91. The van der Waals surface area contributed by atoms with Crippen molar-refractivity contribution in [2.75, 3.05) is 25.4 Å². The number of nitrogens with zero attached hydrogens (tertiary/aromatic N) is 1. The predicted octanol–water partition coefficient (Wildman–Crippen LogP) is 0.797. The van der Waals surface area contributed by atoms with Crippen LogP contribution in [-0.4, -0.2) is 44.6 Å². The van der Waals surface area contributed by atoms with Crippen LogP contribution < -0.4 is 5.73 Å². The largest absolute Gasteiger partial charge is 0.369 e. The lowest BCUT2D eigenvalue weighted by Crippen LogP contribution is -2.28. The molecule has 1 atom stereocenters. The van der Waals surface area contributed by atoms with Crippen molar-refractivity contribution < 1.29 is 17.6 Å². The summed E-state index contributed by atoms with van der Waals surface area (Å²) >= 11 is 0. The van der Waals surface area contributed by atoms with Crippen LogP contribution in [0.5, 0.6) is 0 Å². The summed E-state index contributed by atoms with van der Waals surface area (Å²) in [6, 6.07) is 4.85. The Morgan fingerprint density at radius 1 is 1.33 bits per heavy atom. The van der Waals surface area contributed by atoms with E-state index in [4.69, 9.17) is 5.73 Å². The molecule has 2 rings (SSSR count). The van der Waals surface area contributed by atoms with Gasteiger partial charge < -0.3 is 10.6 Å². The molecule has 1 amide bonds. The van der Waals surface area contributed by atoms with Crippen molar-refractivity contribution in [2.24, 2.45) is 11.7 Å². The van der Waals surface area contributed by atoms with Crippen molar-refractivity contribution in [3.63, 3.8) is 0 Å². The van der Waals surface area contributed by atoms with Gasteiger partial charge in [0.25, 0.3) is 0 Å². The van der Waals surface area contributed by atoms with E-state index in [1.54, 1.807) is 0 Å². The first kappa shape index (κ1) is 15.9. The van der Waals surface area contributed by atoms with Crippen LogP contribution in [0.4, 0.5) is 4.39 Å². The molecule has 1 aromatic carbocycles. The zero-order valence-electron chi connectivity index (χ0n) is 11.7. The molecule has 5 nitrogen and oxygen atoms in total. The van der Waals surface area contributed by atoms with Gasteiger partial charge in [-0.2, -0.15) is 0 Å². The van der Waals surface area contributed by atoms with E-state index in [1.165, 1.54) is 12.1 Å². The van der Waals surface area contributed by atoms with Crippen LogP contribution in [-0.2, 0) is 14.6 Å². The molecule has 0 spiro atoms. The molecule has 1 fully saturated rings. The molecule has 1 saturated heterocycles. The lowest BCUT2D eigenvalue weighted by Gasteiger charge is -2.15. The highest BCUT2D eigenvalue weighted by Gasteiger charge is 2.26. The second kappa shape index (κ2) is 6.53. The van der Waals surface area contributed by atoms with Crippen LogP contribution in [0.1, 0.15) is 12.8 Å². The molecule has 0 aromatic heterocycles. The van der Waals surface area contributed by atoms with Gasteiger partial charge in [-0.15, -0.1) is 0 Å². The molecule has 1 aliphatic rings. The highest BCUT2D eigenvalue weighted by Crippen LogP contribution is 2.17. The van der Waals surface area contributed by atoms with Gasteiger partial charge in [-0.05, 0) is 50.2 Å². The molecule has 0 unspecified atom stereocenters. The Labute approximate surface area is 123 Å². The maximum atomic E-state index is 12.8. The summed E-state index contributed by atoms with van der Waals surface area (Å²) < 4.78 is 36.9. The number of amides is 1. The lowest BCUT2D eigenvalue weighted by atomic mass is 10.1. The SMILES string of the molecule is NC(=O)[C@H]1CCN(CCCS(=O)(=O)c2ccc(F)cc2)C1. The van der Waals surface area contributed by atoms with Crippen molar-refractivity contribution in [1.82, 2.24) is 4.90 Å². The Morgan fingerprint density at radius 2 is 2.00 bits per heavy atom. The molecule has 0 bridgehead atoms. The summed E-state index contributed by atoms with van der Waals surface area (Å²) in [4.78, 5) is 13.3. The predicted molar refractivity (Wildman–Crippen MR) is 76.8 cm³/mol. The van der Waals surface area contributed by atoms with E-state index in [9.17, 15) is 17.6 Å². The van der Waals surface area contributed by atoms with Crippen molar-refractivity contribution in [2.45, 2.75) is 17.7 Å². The van der Waals surface area contributed by atoms with Crippen LogP contribution in [0.3, 0.4) is 0 Å². The molecule has 7 heteroatoms. The second-order valence-electron chi connectivity index (χ2n) is 5.31. The molecule has 1 heterocycles. The summed E-state index contributed by atoms with van der Waals surface area (Å²) in [5, 5.41) is 0. The molecule has 0 radical (unpaired) electrons. The van der Waals surface area contributed by atoms with Crippen molar-refractivity contribution in [1.29, 1.82) is 0 Å². The fraction of sp³-hybridized carbons (Fsp3) is 0.500. The number of rotatable bonds is 6. The second-order valence-corrected chi connectivity index (χ2v) is 7.42. The first-order valence-electron chi connectivity index (χ1n) is 6.88. The van der Waals surface area contributed by atoms with Crippen LogP contribution in [0, 0.1) is 11.7 Å². The molecule has 1 aromatic rings. The smallest absolute Gasteiger partial charge is 0.221 e. The molecular weight excluding hydrogens is 295 g/mol. The van der Waals surface area contributed by atoms with Crippen LogP contribution in [0.2, 0.25) is 0 Å². The van der Waals surface area contributed by atoms with Gasteiger partial charge in [-0.1, -0.05) is 0 Å². The van der Waals surface area contributed by atoms with E-state index in [1.807, 2.05) is 0 Å². The number of nitrogens with two attached hydrogens (primary N) is 1. The van der Waals surface area contributed by atoms with E-state index < -0.39 is 15.7 Å².